The average molecular weight is 210 g/mol. The Labute approximate surface area is 92.0 Å². The first kappa shape index (κ1) is 11.1. The van der Waals surface area contributed by atoms with E-state index in [0.717, 1.165) is 25.8 Å². The fourth-order valence-corrected chi connectivity index (χ4v) is 2.49. The van der Waals surface area contributed by atoms with Gasteiger partial charge in [-0.25, -0.2) is 0 Å². The lowest BCUT2D eigenvalue weighted by Crippen LogP contribution is -2.33. The molecule has 1 heterocycles. The van der Waals surface area contributed by atoms with E-state index in [0.29, 0.717) is 12.1 Å². The van der Waals surface area contributed by atoms with Crippen molar-refractivity contribution in [2.24, 2.45) is 10.9 Å². The summed E-state index contributed by atoms with van der Waals surface area (Å²) < 4.78 is 0. The molecule has 1 aliphatic heterocycles. The second-order valence-electron chi connectivity index (χ2n) is 4.78. The van der Waals surface area contributed by atoms with Gasteiger partial charge in [0.15, 0.2) is 0 Å². The van der Waals surface area contributed by atoms with Crippen LogP contribution in [0.5, 0.6) is 0 Å². The molecule has 0 aromatic heterocycles. The predicted octanol–water partition coefficient (Wildman–Crippen LogP) is 1.71. The second-order valence-corrected chi connectivity index (χ2v) is 4.78. The summed E-state index contributed by atoms with van der Waals surface area (Å²) in [5, 5.41) is 13.2. The van der Waals surface area contributed by atoms with Crippen LogP contribution in [0, 0.1) is 5.92 Å². The number of aliphatic hydroxyl groups is 1. The minimum Gasteiger partial charge on any atom is -0.392 e. The van der Waals surface area contributed by atoms with E-state index in [2.05, 4.69) is 10.3 Å². The standard InChI is InChI=1S/C12H22N2O/c15-11-6-2-1-5-10(11)9-14-12-7-3-4-8-13-12/h9-13,15H,1-8H2. The molecular weight excluding hydrogens is 188 g/mol. The van der Waals surface area contributed by atoms with Gasteiger partial charge in [0.2, 0.25) is 0 Å². The lowest BCUT2D eigenvalue weighted by Gasteiger charge is -2.25. The first-order valence-corrected chi connectivity index (χ1v) is 6.31. The number of rotatable bonds is 2. The summed E-state index contributed by atoms with van der Waals surface area (Å²) in [6, 6.07) is 0. The van der Waals surface area contributed by atoms with Crippen LogP contribution in [-0.2, 0) is 0 Å². The molecule has 3 atom stereocenters. The van der Waals surface area contributed by atoms with E-state index in [1.54, 1.807) is 0 Å². The third-order valence-corrected chi connectivity index (χ3v) is 3.52. The van der Waals surface area contributed by atoms with Crippen LogP contribution in [0.2, 0.25) is 0 Å². The third-order valence-electron chi connectivity index (χ3n) is 3.52. The number of hydrogen-bond donors (Lipinski definition) is 2. The highest BCUT2D eigenvalue weighted by Gasteiger charge is 2.21. The molecule has 0 aromatic carbocycles. The normalized spacial score (nSPS) is 38.3. The molecule has 1 saturated heterocycles. The van der Waals surface area contributed by atoms with Crippen molar-refractivity contribution in [3.05, 3.63) is 0 Å². The quantitative estimate of drug-likeness (QED) is 0.681. The van der Waals surface area contributed by atoms with Crippen LogP contribution in [0.1, 0.15) is 44.9 Å². The number of piperidine rings is 1. The molecule has 0 radical (unpaired) electrons. The maximum absolute atomic E-state index is 9.79. The van der Waals surface area contributed by atoms with E-state index in [1.807, 2.05) is 6.21 Å². The third kappa shape index (κ3) is 3.28. The molecule has 1 aliphatic carbocycles. The van der Waals surface area contributed by atoms with Crippen molar-refractivity contribution in [3.8, 4) is 0 Å². The smallest absolute Gasteiger partial charge is 0.0990 e. The zero-order valence-electron chi connectivity index (χ0n) is 9.36. The van der Waals surface area contributed by atoms with E-state index in [9.17, 15) is 5.11 Å². The lowest BCUT2D eigenvalue weighted by atomic mass is 9.87. The van der Waals surface area contributed by atoms with Crippen LogP contribution in [0.4, 0.5) is 0 Å². The Morgan fingerprint density at radius 3 is 2.60 bits per heavy atom. The summed E-state index contributed by atoms with van der Waals surface area (Å²) in [7, 11) is 0. The maximum atomic E-state index is 9.79. The van der Waals surface area contributed by atoms with Gasteiger partial charge in [-0.05, 0) is 38.6 Å². The fraction of sp³-hybridized carbons (Fsp3) is 0.917. The van der Waals surface area contributed by atoms with E-state index < -0.39 is 0 Å². The molecule has 2 N–H and O–H groups in total. The van der Waals surface area contributed by atoms with E-state index in [-0.39, 0.29) is 6.10 Å². The van der Waals surface area contributed by atoms with Crippen molar-refractivity contribution in [2.45, 2.75) is 57.2 Å². The topological polar surface area (TPSA) is 44.6 Å². The first-order chi connectivity index (χ1) is 7.36. The summed E-state index contributed by atoms with van der Waals surface area (Å²) in [5.74, 6) is 0.308. The van der Waals surface area contributed by atoms with Crippen LogP contribution in [0.25, 0.3) is 0 Å². The van der Waals surface area contributed by atoms with Gasteiger partial charge in [0.1, 0.15) is 0 Å². The van der Waals surface area contributed by atoms with Crippen molar-refractivity contribution in [2.75, 3.05) is 6.54 Å². The van der Waals surface area contributed by atoms with Crippen molar-refractivity contribution < 1.29 is 5.11 Å². The van der Waals surface area contributed by atoms with Gasteiger partial charge in [-0.15, -0.1) is 0 Å². The van der Waals surface area contributed by atoms with E-state index in [1.165, 1.54) is 25.7 Å². The Balaban J connectivity index is 1.80. The average Bonchev–Trinajstić information content (AvgIpc) is 2.29. The van der Waals surface area contributed by atoms with Crippen LogP contribution in [-0.4, -0.2) is 30.1 Å². The molecular formula is C12H22N2O. The number of hydrogen-bond acceptors (Lipinski definition) is 3. The number of nitrogens with one attached hydrogen (secondary N) is 1. The summed E-state index contributed by atoms with van der Waals surface area (Å²) >= 11 is 0. The van der Waals surface area contributed by atoms with Crippen molar-refractivity contribution in [1.82, 2.24) is 5.32 Å². The SMILES string of the molecule is OC1CCCCC1C=NC1CCCCN1. The Morgan fingerprint density at radius 2 is 1.87 bits per heavy atom. The monoisotopic (exact) mass is 210 g/mol. The number of aliphatic imine (C=N–C) groups is 1. The predicted molar refractivity (Wildman–Crippen MR) is 62.1 cm³/mol. The molecule has 15 heavy (non-hydrogen) atoms. The molecule has 1 saturated carbocycles. The van der Waals surface area contributed by atoms with Crippen LogP contribution < -0.4 is 5.32 Å². The molecule has 2 aliphatic rings. The van der Waals surface area contributed by atoms with Crippen molar-refractivity contribution in [1.29, 1.82) is 0 Å². The molecule has 0 bridgehead atoms. The summed E-state index contributed by atoms with van der Waals surface area (Å²) in [6.45, 7) is 1.09. The fourth-order valence-electron chi connectivity index (χ4n) is 2.49. The minimum absolute atomic E-state index is 0.147. The Hall–Kier alpha value is -0.410. The van der Waals surface area contributed by atoms with Crippen molar-refractivity contribution in [3.63, 3.8) is 0 Å². The van der Waals surface area contributed by atoms with Gasteiger partial charge in [-0.3, -0.25) is 10.3 Å². The van der Waals surface area contributed by atoms with Crippen molar-refractivity contribution >= 4 is 6.21 Å². The van der Waals surface area contributed by atoms with E-state index in [4.69, 9.17) is 0 Å². The molecule has 3 heteroatoms. The molecule has 3 nitrogen and oxygen atoms in total. The Bertz CT molecular complexity index is 212. The minimum atomic E-state index is -0.147. The number of aliphatic hydroxyl groups excluding tert-OH is 1. The van der Waals surface area contributed by atoms with Crippen LogP contribution >= 0.6 is 0 Å². The highest BCUT2D eigenvalue weighted by atomic mass is 16.3. The molecule has 0 spiro atoms. The maximum Gasteiger partial charge on any atom is 0.0990 e. The largest absolute Gasteiger partial charge is 0.392 e. The molecule has 86 valence electrons. The van der Waals surface area contributed by atoms with Gasteiger partial charge in [-0.2, -0.15) is 0 Å². The summed E-state index contributed by atoms with van der Waals surface area (Å²) in [6.07, 6.45) is 10.4. The summed E-state index contributed by atoms with van der Waals surface area (Å²) in [4.78, 5) is 4.56. The highest BCUT2D eigenvalue weighted by Crippen LogP contribution is 2.23. The Kier molecular flexibility index (Phi) is 4.15. The van der Waals surface area contributed by atoms with E-state index >= 15 is 0 Å². The van der Waals surface area contributed by atoms with Gasteiger partial charge in [-0.1, -0.05) is 12.8 Å². The number of nitrogens with zero attached hydrogens (tertiary/aromatic N) is 1. The molecule has 0 aromatic rings. The zero-order chi connectivity index (χ0) is 10.5. The Morgan fingerprint density at radius 1 is 1.07 bits per heavy atom. The van der Waals surface area contributed by atoms with Gasteiger partial charge in [0.25, 0.3) is 0 Å². The zero-order valence-corrected chi connectivity index (χ0v) is 9.36. The van der Waals surface area contributed by atoms with Crippen LogP contribution in [0.15, 0.2) is 4.99 Å². The van der Waals surface area contributed by atoms with Gasteiger partial charge >= 0.3 is 0 Å². The van der Waals surface area contributed by atoms with Gasteiger partial charge in [0, 0.05) is 12.1 Å². The first-order valence-electron chi connectivity index (χ1n) is 6.31. The second kappa shape index (κ2) is 5.61. The highest BCUT2D eigenvalue weighted by molar-refractivity contribution is 5.61. The molecule has 2 rings (SSSR count). The van der Waals surface area contributed by atoms with Gasteiger partial charge in [0.05, 0.1) is 12.3 Å². The van der Waals surface area contributed by atoms with Gasteiger partial charge < -0.3 is 5.11 Å². The molecule has 0 amide bonds. The van der Waals surface area contributed by atoms with Crippen LogP contribution in [0.3, 0.4) is 0 Å². The molecule has 2 fully saturated rings. The lowest BCUT2D eigenvalue weighted by molar-refractivity contribution is 0.103. The molecule has 3 unspecified atom stereocenters. The summed E-state index contributed by atoms with van der Waals surface area (Å²) in [5.41, 5.74) is 0.